The summed E-state index contributed by atoms with van der Waals surface area (Å²) in [6.45, 7) is 0. The minimum atomic E-state index is -0.270. The zero-order valence-electron chi connectivity index (χ0n) is 11.0. The predicted molar refractivity (Wildman–Crippen MR) is 72.3 cm³/mol. The fraction of sp³-hybridized carbons (Fsp3) is 0.625. The van der Waals surface area contributed by atoms with Crippen LogP contribution in [0.2, 0.25) is 0 Å². The highest BCUT2D eigenvalue weighted by Crippen LogP contribution is 2.54. The number of nitrogens with two attached hydrogens (primary N) is 1. The van der Waals surface area contributed by atoms with E-state index in [4.69, 9.17) is 10.5 Å². The normalized spacial score (nSPS) is 39.5. The van der Waals surface area contributed by atoms with Crippen molar-refractivity contribution in [1.82, 2.24) is 0 Å². The summed E-state index contributed by atoms with van der Waals surface area (Å²) in [5.74, 6) is 3.45. The number of halogens is 1. The van der Waals surface area contributed by atoms with Crippen LogP contribution in [0, 0.1) is 29.5 Å². The van der Waals surface area contributed by atoms with E-state index in [1.165, 1.54) is 44.2 Å². The Balaban J connectivity index is 1.58. The molecule has 4 saturated carbocycles. The Morgan fingerprint density at radius 1 is 1.00 bits per heavy atom. The third-order valence-electron chi connectivity index (χ3n) is 5.38. The third kappa shape index (κ3) is 1.90. The van der Waals surface area contributed by atoms with E-state index >= 15 is 0 Å². The molecule has 4 fully saturated rings. The first kappa shape index (κ1) is 11.6. The maximum absolute atomic E-state index is 13.3. The number of ether oxygens (including phenoxy) is 1. The van der Waals surface area contributed by atoms with Crippen molar-refractivity contribution in [3.05, 3.63) is 24.0 Å². The summed E-state index contributed by atoms with van der Waals surface area (Å²) in [6.07, 6.45) is 6.89. The van der Waals surface area contributed by atoms with Gasteiger partial charge in [-0.15, -0.1) is 0 Å². The second kappa shape index (κ2) is 4.12. The number of rotatable bonds is 2. The molecule has 0 spiro atoms. The summed E-state index contributed by atoms with van der Waals surface area (Å²) in [6, 6.07) is 4.42. The number of hydrogen-bond acceptors (Lipinski definition) is 2. The topological polar surface area (TPSA) is 35.2 Å². The summed E-state index contributed by atoms with van der Waals surface area (Å²) < 4.78 is 19.5. The molecule has 0 atom stereocenters. The molecule has 0 unspecified atom stereocenters. The second-order valence-corrected chi connectivity index (χ2v) is 6.70. The van der Waals surface area contributed by atoms with Crippen LogP contribution < -0.4 is 10.5 Å². The number of anilines is 1. The van der Waals surface area contributed by atoms with Gasteiger partial charge in [-0.3, -0.25) is 0 Å². The van der Waals surface area contributed by atoms with Gasteiger partial charge in [0, 0.05) is 6.07 Å². The van der Waals surface area contributed by atoms with Gasteiger partial charge in [0.15, 0.2) is 0 Å². The SMILES string of the molecule is Nc1ccc(F)cc1OC1C2CC3CC(C2)CC1C3. The van der Waals surface area contributed by atoms with Crippen molar-refractivity contribution in [3.8, 4) is 5.75 Å². The lowest BCUT2D eigenvalue weighted by molar-refractivity contribution is -0.0787. The first-order valence-electron chi connectivity index (χ1n) is 7.40. The van der Waals surface area contributed by atoms with Gasteiger partial charge in [0.25, 0.3) is 0 Å². The molecule has 19 heavy (non-hydrogen) atoms. The van der Waals surface area contributed by atoms with Crippen LogP contribution in [-0.2, 0) is 0 Å². The third-order valence-corrected chi connectivity index (χ3v) is 5.38. The average molecular weight is 261 g/mol. The summed E-state index contributed by atoms with van der Waals surface area (Å²) in [4.78, 5) is 0. The van der Waals surface area contributed by atoms with Crippen LogP contribution in [0.15, 0.2) is 18.2 Å². The monoisotopic (exact) mass is 261 g/mol. The minimum Gasteiger partial charge on any atom is -0.488 e. The Labute approximate surface area is 113 Å². The van der Waals surface area contributed by atoms with E-state index in [0.29, 0.717) is 23.3 Å². The predicted octanol–water partition coefficient (Wildman–Crippen LogP) is 3.61. The zero-order chi connectivity index (χ0) is 13.0. The highest BCUT2D eigenvalue weighted by Gasteiger charge is 2.49. The van der Waals surface area contributed by atoms with Crippen molar-refractivity contribution in [3.63, 3.8) is 0 Å². The second-order valence-electron chi connectivity index (χ2n) is 6.70. The molecular weight excluding hydrogens is 241 g/mol. The molecule has 0 heterocycles. The fourth-order valence-corrected chi connectivity index (χ4v) is 4.82. The summed E-state index contributed by atoms with van der Waals surface area (Å²) in [7, 11) is 0. The summed E-state index contributed by atoms with van der Waals surface area (Å²) in [5.41, 5.74) is 6.45. The van der Waals surface area contributed by atoms with Crippen LogP contribution >= 0.6 is 0 Å². The van der Waals surface area contributed by atoms with E-state index in [1.54, 1.807) is 6.07 Å². The van der Waals surface area contributed by atoms with Crippen molar-refractivity contribution in [1.29, 1.82) is 0 Å². The van der Waals surface area contributed by atoms with Crippen molar-refractivity contribution in [2.45, 2.75) is 38.2 Å². The quantitative estimate of drug-likeness (QED) is 0.825. The van der Waals surface area contributed by atoms with Gasteiger partial charge in [0.05, 0.1) is 5.69 Å². The zero-order valence-corrected chi connectivity index (χ0v) is 11.0. The van der Waals surface area contributed by atoms with E-state index in [0.717, 1.165) is 11.8 Å². The lowest BCUT2D eigenvalue weighted by atomic mass is 9.55. The summed E-state index contributed by atoms with van der Waals surface area (Å²) in [5, 5.41) is 0. The van der Waals surface area contributed by atoms with Crippen molar-refractivity contribution >= 4 is 5.69 Å². The molecule has 3 heteroatoms. The highest BCUT2D eigenvalue weighted by molar-refractivity contribution is 5.52. The van der Waals surface area contributed by atoms with Crippen LogP contribution in [-0.4, -0.2) is 6.10 Å². The Bertz CT molecular complexity index is 474. The molecule has 1 aromatic rings. The molecule has 0 aliphatic heterocycles. The molecule has 0 amide bonds. The van der Waals surface area contributed by atoms with Gasteiger partial charge in [-0.05, 0) is 67.9 Å². The Morgan fingerprint density at radius 2 is 1.63 bits per heavy atom. The number of nitrogen functional groups attached to an aromatic ring is 1. The van der Waals surface area contributed by atoms with Gasteiger partial charge in [-0.2, -0.15) is 0 Å². The molecule has 2 nitrogen and oxygen atoms in total. The highest BCUT2D eigenvalue weighted by atomic mass is 19.1. The molecule has 4 aliphatic rings. The first-order chi connectivity index (χ1) is 9.19. The van der Waals surface area contributed by atoms with Crippen molar-refractivity contribution in [2.75, 3.05) is 5.73 Å². The van der Waals surface area contributed by atoms with Crippen molar-refractivity contribution < 1.29 is 9.13 Å². The lowest BCUT2D eigenvalue weighted by Crippen LogP contribution is -2.50. The van der Waals surface area contributed by atoms with E-state index in [-0.39, 0.29) is 11.9 Å². The summed E-state index contributed by atoms with van der Waals surface area (Å²) >= 11 is 0. The van der Waals surface area contributed by atoms with Crippen LogP contribution in [0.5, 0.6) is 5.75 Å². The Hall–Kier alpha value is -1.25. The van der Waals surface area contributed by atoms with E-state index in [2.05, 4.69) is 0 Å². The van der Waals surface area contributed by atoms with Gasteiger partial charge in [-0.1, -0.05) is 0 Å². The number of hydrogen-bond donors (Lipinski definition) is 1. The molecule has 102 valence electrons. The van der Waals surface area contributed by atoms with Gasteiger partial charge < -0.3 is 10.5 Å². The smallest absolute Gasteiger partial charge is 0.145 e. The van der Waals surface area contributed by atoms with Crippen LogP contribution in [0.25, 0.3) is 0 Å². The molecule has 2 N–H and O–H groups in total. The van der Waals surface area contributed by atoms with Gasteiger partial charge in [0.1, 0.15) is 17.7 Å². The van der Waals surface area contributed by atoms with E-state index in [1.807, 2.05) is 0 Å². The molecule has 5 rings (SSSR count). The standard InChI is InChI=1S/C16H20FNO/c17-13-1-2-14(18)15(8-13)19-16-11-4-9-3-10(6-11)7-12(16)5-9/h1-2,8-12,16H,3-7,18H2. The number of benzene rings is 1. The van der Waals surface area contributed by atoms with Crippen LogP contribution in [0.3, 0.4) is 0 Å². The molecule has 4 aliphatic carbocycles. The minimum absolute atomic E-state index is 0.261. The average Bonchev–Trinajstić information content (AvgIpc) is 2.37. The van der Waals surface area contributed by atoms with E-state index < -0.39 is 0 Å². The molecule has 1 aromatic carbocycles. The fourth-order valence-electron chi connectivity index (χ4n) is 4.82. The van der Waals surface area contributed by atoms with Gasteiger partial charge >= 0.3 is 0 Å². The molecule has 0 aromatic heterocycles. The molecule has 0 radical (unpaired) electrons. The van der Waals surface area contributed by atoms with E-state index in [9.17, 15) is 4.39 Å². The Morgan fingerprint density at radius 3 is 2.26 bits per heavy atom. The first-order valence-corrected chi connectivity index (χ1v) is 7.40. The van der Waals surface area contributed by atoms with Crippen LogP contribution in [0.4, 0.5) is 10.1 Å². The van der Waals surface area contributed by atoms with Gasteiger partial charge in [0.2, 0.25) is 0 Å². The maximum Gasteiger partial charge on any atom is 0.145 e. The molecular formula is C16H20FNO. The largest absolute Gasteiger partial charge is 0.488 e. The van der Waals surface area contributed by atoms with Gasteiger partial charge in [-0.25, -0.2) is 4.39 Å². The van der Waals surface area contributed by atoms with Crippen LogP contribution in [0.1, 0.15) is 32.1 Å². The lowest BCUT2D eigenvalue weighted by Gasteiger charge is -2.53. The van der Waals surface area contributed by atoms with Crippen molar-refractivity contribution in [2.24, 2.45) is 23.7 Å². The molecule has 4 bridgehead atoms. The molecule has 0 saturated heterocycles. The Kier molecular flexibility index (Phi) is 2.51. The maximum atomic E-state index is 13.3.